The van der Waals surface area contributed by atoms with Gasteiger partial charge in [0.2, 0.25) is 0 Å². The predicted octanol–water partition coefficient (Wildman–Crippen LogP) is 1.83. The molecule has 0 aliphatic carbocycles. The zero-order valence-electron chi connectivity index (χ0n) is 7.32. The summed E-state index contributed by atoms with van der Waals surface area (Å²) >= 11 is 0. The number of anilines is 1. The quantitative estimate of drug-likeness (QED) is 0.717. The SMILES string of the molecule is COc1cccc2c(N)ccnc12. The average Bonchev–Trinajstić information content (AvgIpc) is 2.18. The maximum absolute atomic E-state index is 5.78. The molecular formula is C10H10N2O. The third kappa shape index (κ3) is 1.18. The van der Waals surface area contributed by atoms with E-state index in [2.05, 4.69) is 4.98 Å². The highest BCUT2D eigenvalue weighted by atomic mass is 16.5. The van der Waals surface area contributed by atoms with Crippen LogP contribution in [-0.4, -0.2) is 12.1 Å². The van der Waals surface area contributed by atoms with E-state index >= 15 is 0 Å². The van der Waals surface area contributed by atoms with Crippen LogP contribution in [0.5, 0.6) is 5.75 Å². The number of pyridine rings is 1. The Bertz CT molecular complexity index is 440. The Morgan fingerprint density at radius 2 is 2.15 bits per heavy atom. The highest BCUT2D eigenvalue weighted by molar-refractivity contribution is 5.93. The molecule has 0 bridgehead atoms. The fourth-order valence-electron chi connectivity index (χ4n) is 1.34. The molecule has 3 heteroatoms. The molecule has 0 spiro atoms. The second-order valence-electron chi connectivity index (χ2n) is 2.76. The molecule has 0 radical (unpaired) electrons. The number of rotatable bonds is 1. The van der Waals surface area contributed by atoms with Crippen molar-refractivity contribution in [1.29, 1.82) is 0 Å². The van der Waals surface area contributed by atoms with Crippen LogP contribution < -0.4 is 10.5 Å². The lowest BCUT2D eigenvalue weighted by Gasteiger charge is -2.05. The van der Waals surface area contributed by atoms with Gasteiger partial charge in [-0.3, -0.25) is 4.98 Å². The largest absolute Gasteiger partial charge is 0.494 e. The summed E-state index contributed by atoms with van der Waals surface area (Å²) in [5, 5.41) is 0.932. The molecule has 0 aliphatic rings. The van der Waals surface area contributed by atoms with Gasteiger partial charge in [-0.1, -0.05) is 12.1 Å². The summed E-state index contributed by atoms with van der Waals surface area (Å²) < 4.78 is 5.16. The molecule has 2 N–H and O–H groups in total. The predicted molar refractivity (Wildman–Crippen MR) is 52.7 cm³/mol. The monoisotopic (exact) mass is 174 g/mol. The molecule has 0 unspecified atom stereocenters. The van der Waals surface area contributed by atoms with Crippen molar-refractivity contribution in [2.75, 3.05) is 12.8 Å². The molecule has 13 heavy (non-hydrogen) atoms. The molecule has 0 amide bonds. The standard InChI is InChI=1S/C10H10N2O/c1-13-9-4-2-3-7-8(11)5-6-12-10(7)9/h2-6H,1H3,(H2,11,12). The van der Waals surface area contributed by atoms with Crippen molar-refractivity contribution in [2.45, 2.75) is 0 Å². The molecule has 0 atom stereocenters. The lowest BCUT2D eigenvalue weighted by Crippen LogP contribution is -1.91. The molecule has 3 nitrogen and oxygen atoms in total. The molecule has 1 aromatic heterocycles. The van der Waals surface area contributed by atoms with Gasteiger partial charge in [0.25, 0.3) is 0 Å². The minimum atomic E-state index is 0.726. The Morgan fingerprint density at radius 3 is 2.92 bits per heavy atom. The van der Waals surface area contributed by atoms with Crippen LogP contribution in [0.25, 0.3) is 10.9 Å². The molecule has 0 aliphatic heterocycles. The van der Waals surface area contributed by atoms with Gasteiger partial charge in [-0.25, -0.2) is 0 Å². The van der Waals surface area contributed by atoms with Crippen LogP contribution in [0.4, 0.5) is 5.69 Å². The lowest BCUT2D eigenvalue weighted by molar-refractivity contribution is 0.419. The first kappa shape index (κ1) is 7.86. The van der Waals surface area contributed by atoms with Crippen LogP contribution >= 0.6 is 0 Å². The van der Waals surface area contributed by atoms with E-state index in [1.54, 1.807) is 19.4 Å². The van der Waals surface area contributed by atoms with Gasteiger partial charge in [0.15, 0.2) is 0 Å². The number of methoxy groups -OCH3 is 1. The van der Waals surface area contributed by atoms with Crippen molar-refractivity contribution in [1.82, 2.24) is 4.98 Å². The summed E-state index contributed by atoms with van der Waals surface area (Å²) in [6, 6.07) is 7.48. The van der Waals surface area contributed by atoms with Crippen molar-refractivity contribution >= 4 is 16.6 Å². The van der Waals surface area contributed by atoms with E-state index in [1.807, 2.05) is 18.2 Å². The first-order valence-electron chi connectivity index (χ1n) is 4.00. The molecule has 1 heterocycles. The van der Waals surface area contributed by atoms with Crippen molar-refractivity contribution in [3.8, 4) is 5.75 Å². The van der Waals surface area contributed by atoms with Crippen molar-refractivity contribution in [2.24, 2.45) is 0 Å². The van der Waals surface area contributed by atoms with Crippen LogP contribution in [0.2, 0.25) is 0 Å². The van der Waals surface area contributed by atoms with Crippen LogP contribution in [0.1, 0.15) is 0 Å². The summed E-state index contributed by atoms with van der Waals surface area (Å²) in [5.74, 6) is 0.754. The Labute approximate surface area is 76.2 Å². The van der Waals surface area contributed by atoms with E-state index in [9.17, 15) is 0 Å². The van der Waals surface area contributed by atoms with E-state index in [0.29, 0.717) is 0 Å². The van der Waals surface area contributed by atoms with Crippen molar-refractivity contribution < 1.29 is 4.74 Å². The number of nitrogens with zero attached hydrogens (tertiary/aromatic N) is 1. The third-order valence-electron chi connectivity index (χ3n) is 1.99. The van der Waals surface area contributed by atoms with E-state index < -0.39 is 0 Å². The number of hydrogen-bond donors (Lipinski definition) is 1. The highest BCUT2D eigenvalue weighted by Gasteiger charge is 2.02. The smallest absolute Gasteiger partial charge is 0.145 e. The Kier molecular flexibility index (Phi) is 1.77. The summed E-state index contributed by atoms with van der Waals surface area (Å²) in [4.78, 5) is 4.21. The molecule has 2 aromatic rings. The molecule has 66 valence electrons. The highest BCUT2D eigenvalue weighted by Crippen LogP contribution is 2.26. The normalized spacial score (nSPS) is 10.2. The summed E-state index contributed by atoms with van der Waals surface area (Å²) in [6.45, 7) is 0. The fourth-order valence-corrected chi connectivity index (χ4v) is 1.34. The fraction of sp³-hybridized carbons (Fsp3) is 0.100. The number of ether oxygens (including phenoxy) is 1. The van der Waals surface area contributed by atoms with Gasteiger partial charge in [0.1, 0.15) is 11.3 Å². The van der Waals surface area contributed by atoms with Crippen LogP contribution in [0.15, 0.2) is 30.5 Å². The topological polar surface area (TPSA) is 48.1 Å². The number of para-hydroxylation sites is 1. The zero-order valence-corrected chi connectivity index (χ0v) is 7.32. The van der Waals surface area contributed by atoms with Crippen molar-refractivity contribution in [3.63, 3.8) is 0 Å². The van der Waals surface area contributed by atoms with E-state index in [4.69, 9.17) is 10.5 Å². The molecule has 0 fully saturated rings. The number of nitrogen functional groups attached to an aromatic ring is 1. The van der Waals surface area contributed by atoms with Gasteiger partial charge in [-0.05, 0) is 12.1 Å². The Hall–Kier alpha value is -1.77. The van der Waals surface area contributed by atoms with Crippen LogP contribution in [0.3, 0.4) is 0 Å². The van der Waals surface area contributed by atoms with E-state index in [0.717, 1.165) is 22.3 Å². The second-order valence-corrected chi connectivity index (χ2v) is 2.76. The number of fused-ring (bicyclic) bond motifs is 1. The average molecular weight is 174 g/mol. The summed E-state index contributed by atoms with van der Waals surface area (Å²) in [6.07, 6.45) is 1.68. The molecule has 1 aromatic carbocycles. The maximum Gasteiger partial charge on any atom is 0.145 e. The van der Waals surface area contributed by atoms with Gasteiger partial charge in [0, 0.05) is 17.3 Å². The number of benzene rings is 1. The number of aromatic nitrogens is 1. The molecule has 0 saturated heterocycles. The lowest BCUT2D eigenvalue weighted by atomic mass is 10.2. The van der Waals surface area contributed by atoms with Crippen molar-refractivity contribution in [3.05, 3.63) is 30.5 Å². The van der Waals surface area contributed by atoms with Gasteiger partial charge >= 0.3 is 0 Å². The summed E-state index contributed by atoms with van der Waals surface area (Å²) in [7, 11) is 1.62. The maximum atomic E-state index is 5.78. The van der Waals surface area contributed by atoms with Crippen LogP contribution in [-0.2, 0) is 0 Å². The minimum absolute atomic E-state index is 0.726. The first-order valence-corrected chi connectivity index (χ1v) is 4.00. The van der Waals surface area contributed by atoms with Gasteiger partial charge in [-0.2, -0.15) is 0 Å². The minimum Gasteiger partial charge on any atom is -0.494 e. The zero-order chi connectivity index (χ0) is 9.26. The van der Waals surface area contributed by atoms with Gasteiger partial charge < -0.3 is 10.5 Å². The van der Waals surface area contributed by atoms with E-state index in [1.165, 1.54) is 0 Å². The van der Waals surface area contributed by atoms with E-state index in [-0.39, 0.29) is 0 Å². The third-order valence-corrected chi connectivity index (χ3v) is 1.99. The number of hydrogen-bond acceptors (Lipinski definition) is 3. The second kappa shape index (κ2) is 2.94. The van der Waals surface area contributed by atoms with Gasteiger partial charge in [-0.15, -0.1) is 0 Å². The molecule has 2 rings (SSSR count). The molecular weight excluding hydrogens is 164 g/mol. The van der Waals surface area contributed by atoms with Crippen LogP contribution in [0, 0.1) is 0 Å². The van der Waals surface area contributed by atoms with Gasteiger partial charge in [0.05, 0.1) is 7.11 Å². The Morgan fingerprint density at radius 1 is 1.31 bits per heavy atom. The Balaban J connectivity index is 2.84. The first-order chi connectivity index (χ1) is 6.33. The number of nitrogens with two attached hydrogens (primary N) is 1. The summed E-state index contributed by atoms with van der Waals surface area (Å²) in [5.41, 5.74) is 7.32. The molecule has 0 saturated carbocycles.